The molecule has 0 aliphatic carbocycles. The number of cyclic esters (lactones) is 1. The Balaban J connectivity index is 1.96. The van der Waals surface area contributed by atoms with Crippen molar-refractivity contribution in [3.8, 4) is 11.5 Å². The van der Waals surface area contributed by atoms with Crippen molar-refractivity contribution < 1.29 is 28.7 Å². The summed E-state index contributed by atoms with van der Waals surface area (Å²) in [5, 5.41) is 11.0. The molecule has 0 aromatic heterocycles. The highest BCUT2D eigenvalue weighted by Crippen LogP contribution is 2.31. The second-order valence-electron chi connectivity index (χ2n) is 5.76. The number of benzene rings is 2. The smallest absolute Gasteiger partial charge is 0.363 e. The molecule has 0 radical (unpaired) electrons. The molecule has 0 spiro atoms. The molecular formula is C19H13ClN2O7. The molecule has 0 fully saturated rings. The summed E-state index contributed by atoms with van der Waals surface area (Å²) < 4.78 is 15.3. The molecule has 29 heavy (non-hydrogen) atoms. The lowest BCUT2D eigenvalue weighted by Gasteiger charge is -2.08. The molecule has 2 aromatic rings. The lowest BCUT2D eigenvalue weighted by atomic mass is 10.1. The van der Waals surface area contributed by atoms with E-state index < -0.39 is 16.9 Å². The monoisotopic (exact) mass is 416 g/mol. The fourth-order valence-corrected chi connectivity index (χ4v) is 2.68. The van der Waals surface area contributed by atoms with E-state index in [1.54, 1.807) is 12.1 Å². The van der Waals surface area contributed by atoms with Crippen molar-refractivity contribution in [1.82, 2.24) is 0 Å². The number of methoxy groups -OCH3 is 1. The number of aliphatic imine (C=N–C) groups is 1. The van der Waals surface area contributed by atoms with E-state index in [4.69, 9.17) is 25.8 Å². The third-order valence-electron chi connectivity index (χ3n) is 3.76. The first-order valence-corrected chi connectivity index (χ1v) is 8.49. The van der Waals surface area contributed by atoms with Crippen molar-refractivity contribution in [3.05, 3.63) is 68.4 Å². The number of nitro groups is 1. The molecule has 9 nitrogen and oxygen atoms in total. The summed E-state index contributed by atoms with van der Waals surface area (Å²) in [6.45, 7) is 1.25. The standard InChI is InChI=1S/C19H13ClN2O7/c1-10(23)28-17-8-11(3-6-16(17)27-2)7-14-19(24)29-18(21-14)12-4-5-13(20)15(9-12)22(25)26/h3-9H,1-2H3/b14-7+. The number of esters is 2. The number of nitrogens with zero attached hydrogens (tertiary/aromatic N) is 2. The minimum atomic E-state index is -0.734. The number of carbonyl (C=O) groups excluding carboxylic acids is 2. The van der Waals surface area contributed by atoms with Crippen molar-refractivity contribution in [1.29, 1.82) is 0 Å². The Labute approximate surface area is 169 Å². The highest BCUT2D eigenvalue weighted by molar-refractivity contribution is 6.32. The predicted molar refractivity (Wildman–Crippen MR) is 103 cm³/mol. The quantitative estimate of drug-likeness (QED) is 0.240. The first kappa shape index (κ1) is 20.0. The summed E-state index contributed by atoms with van der Waals surface area (Å²) in [6, 6.07) is 8.65. The van der Waals surface area contributed by atoms with Gasteiger partial charge in [0, 0.05) is 18.6 Å². The maximum absolute atomic E-state index is 12.2. The number of rotatable bonds is 5. The topological polar surface area (TPSA) is 117 Å². The fourth-order valence-electron chi connectivity index (χ4n) is 2.49. The van der Waals surface area contributed by atoms with Gasteiger partial charge in [-0.3, -0.25) is 14.9 Å². The van der Waals surface area contributed by atoms with E-state index in [0.29, 0.717) is 11.3 Å². The molecule has 0 atom stereocenters. The van der Waals surface area contributed by atoms with Gasteiger partial charge in [0.25, 0.3) is 5.69 Å². The van der Waals surface area contributed by atoms with Gasteiger partial charge in [0.15, 0.2) is 17.2 Å². The Morgan fingerprint density at radius 3 is 2.66 bits per heavy atom. The molecule has 0 saturated heterocycles. The summed E-state index contributed by atoms with van der Waals surface area (Å²) in [4.78, 5) is 37.9. The Bertz CT molecular complexity index is 1090. The van der Waals surface area contributed by atoms with Crippen LogP contribution in [0.15, 0.2) is 47.1 Å². The van der Waals surface area contributed by atoms with Crippen molar-refractivity contribution in [2.24, 2.45) is 4.99 Å². The first-order chi connectivity index (χ1) is 13.8. The van der Waals surface area contributed by atoms with Crippen LogP contribution in [-0.2, 0) is 14.3 Å². The van der Waals surface area contributed by atoms with E-state index in [2.05, 4.69) is 4.99 Å². The third kappa shape index (κ3) is 4.41. The van der Waals surface area contributed by atoms with Gasteiger partial charge < -0.3 is 14.2 Å². The predicted octanol–water partition coefficient (Wildman–Crippen LogP) is 3.53. The molecular weight excluding hydrogens is 404 g/mol. The van der Waals surface area contributed by atoms with Crippen LogP contribution >= 0.6 is 11.6 Å². The highest BCUT2D eigenvalue weighted by atomic mass is 35.5. The first-order valence-electron chi connectivity index (χ1n) is 8.12. The number of carbonyl (C=O) groups is 2. The molecule has 1 aliphatic heterocycles. The maximum Gasteiger partial charge on any atom is 0.363 e. The van der Waals surface area contributed by atoms with Crippen molar-refractivity contribution in [2.75, 3.05) is 7.11 Å². The number of ether oxygens (including phenoxy) is 3. The molecule has 1 aliphatic rings. The Morgan fingerprint density at radius 2 is 2.00 bits per heavy atom. The highest BCUT2D eigenvalue weighted by Gasteiger charge is 2.26. The van der Waals surface area contributed by atoms with E-state index in [-0.39, 0.29) is 33.6 Å². The zero-order chi connectivity index (χ0) is 21.1. The van der Waals surface area contributed by atoms with E-state index in [1.165, 1.54) is 44.4 Å². The van der Waals surface area contributed by atoms with Crippen LogP contribution in [0.4, 0.5) is 5.69 Å². The van der Waals surface area contributed by atoms with Crippen LogP contribution in [0.25, 0.3) is 6.08 Å². The van der Waals surface area contributed by atoms with Gasteiger partial charge in [0.1, 0.15) is 5.02 Å². The minimum Gasteiger partial charge on any atom is -0.493 e. The van der Waals surface area contributed by atoms with Crippen LogP contribution in [0.2, 0.25) is 5.02 Å². The molecule has 2 aromatic carbocycles. The summed E-state index contributed by atoms with van der Waals surface area (Å²) >= 11 is 5.79. The maximum atomic E-state index is 12.2. The van der Waals surface area contributed by atoms with E-state index in [0.717, 1.165) is 0 Å². The zero-order valence-corrected chi connectivity index (χ0v) is 15.9. The van der Waals surface area contributed by atoms with Crippen LogP contribution in [0.5, 0.6) is 11.5 Å². The molecule has 0 amide bonds. The summed E-state index contributed by atoms with van der Waals surface area (Å²) in [5.41, 5.74) is 0.368. The Hall–Kier alpha value is -3.72. The molecule has 0 saturated carbocycles. The molecule has 10 heteroatoms. The minimum absolute atomic E-state index is 0.0310. The van der Waals surface area contributed by atoms with Crippen LogP contribution < -0.4 is 9.47 Å². The van der Waals surface area contributed by atoms with Gasteiger partial charge in [-0.25, -0.2) is 9.79 Å². The molecule has 0 bridgehead atoms. The molecule has 1 heterocycles. The SMILES string of the molecule is COc1ccc(/C=C2/N=C(c3ccc(Cl)c([N+](=O)[O-])c3)OC2=O)cc1OC(C)=O. The number of halogens is 1. The van der Waals surface area contributed by atoms with Crippen molar-refractivity contribution in [3.63, 3.8) is 0 Å². The van der Waals surface area contributed by atoms with E-state index in [9.17, 15) is 19.7 Å². The van der Waals surface area contributed by atoms with Crippen LogP contribution in [0.1, 0.15) is 18.1 Å². The fraction of sp³-hybridized carbons (Fsp3) is 0.105. The summed E-state index contributed by atoms with van der Waals surface area (Å²) in [5.74, 6) is -0.831. The van der Waals surface area contributed by atoms with Crippen LogP contribution in [-0.4, -0.2) is 29.9 Å². The Kier molecular flexibility index (Phi) is 5.60. The largest absolute Gasteiger partial charge is 0.493 e. The second-order valence-corrected chi connectivity index (χ2v) is 6.17. The zero-order valence-electron chi connectivity index (χ0n) is 15.2. The van der Waals surface area contributed by atoms with Gasteiger partial charge in [-0.2, -0.15) is 0 Å². The average Bonchev–Trinajstić information content (AvgIpc) is 3.02. The normalized spacial score (nSPS) is 14.4. The van der Waals surface area contributed by atoms with Crippen molar-refractivity contribution >= 4 is 41.2 Å². The van der Waals surface area contributed by atoms with Gasteiger partial charge in [0.05, 0.1) is 12.0 Å². The third-order valence-corrected chi connectivity index (χ3v) is 4.07. The molecule has 3 rings (SSSR count). The average molecular weight is 417 g/mol. The summed E-state index contributed by atoms with van der Waals surface area (Å²) in [6.07, 6.45) is 1.42. The van der Waals surface area contributed by atoms with E-state index >= 15 is 0 Å². The lowest BCUT2D eigenvalue weighted by molar-refractivity contribution is -0.384. The molecule has 0 unspecified atom stereocenters. The van der Waals surface area contributed by atoms with Gasteiger partial charge in [0.2, 0.25) is 5.90 Å². The second kappa shape index (κ2) is 8.11. The number of nitro benzene ring substituents is 1. The lowest BCUT2D eigenvalue weighted by Crippen LogP contribution is -2.06. The van der Waals surface area contributed by atoms with Crippen LogP contribution in [0, 0.1) is 10.1 Å². The number of hydrogen-bond donors (Lipinski definition) is 0. The van der Waals surface area contributed by atoms with Crippen LogP contribution in [0.3, 0.4) is 0 Å². The van der Waals surface area contributed by atoms with Gasteiger partial charge in [-0.1, -0.05) is 17.7 Å². The number of hydrogen-bond acceptors (Lipinski definition) is 8. The van der Waals surface area contributed by atoms with Gasteiger partial charge >= 0.3 is 11.9 Å². The summed E-state index contributed by atoms with van der Waals surface area (Å²) in [7, 11) is 1.43. The van der Waals surface area contributed by atoms with Crippen molar-refractivity contribution in [2.45, 2.75) is 6.92 Å². The van der Waals surface area contributed by atoms with Gasteiger partial charge in [-0.15, -0.1) is 0 Å². The van der Waals surface area contributed by atoms with Gasteiger partial charge in [-0.05, 0) is 35.9 Å². The molecule has 0 N–H and O–H groups in total. The van der Waals surface area contributed by atoms with E-state index in [1.807, 2.05) is 0 Å². The Morgan fingerprint density at radius 1 is 1.24 bits per heavy atom. The molecule has 148 valence electrons.